The minimum atomic E-state index is -1.36. The Kier molecular flexibility index (Phi) is 5.28. The maximum absolute atomic E-state index is 13.0. The predicted molar refractivity (Wildman–Crippen MR) is 106 cm³/mol. The van der Waals surface area contributed by atoms with Gasteiger partial charge in [-0.2, -0.15) is 0 Å². The van der Waals surface area contributed by atoms with E-state index in [-0.39, 0.29) is 29.9 Å². The molecule has 29 heavy (non-hydrogen) atoms. The normalized spacial score (nSPS) is 24.7. The molecule has 0 unspecified atom stereocenters. The molecular weight excluding hydrogens is 396 g/mol. The van der Waals surface area contributed by atoms with E-state index >= 15 is 0 Å². The molecule has 7 nitrogen and oxygen atoms in total. The standard InChI is InChI=1S/C21H20O7S/c22-9-11-6-16(25)20(27)21(28-11)13-7-12(14(23)8-15(13)24)19(26)18-5-10-3-1-2-4-17(10)29-18/h1-5,7-8,11,16,20-25,27H,6,9H2/t11-,16-,20-,21-/m0/s1. The summed E-state index contributed by atoms with van der Waals surface area (Å²) < 4.78 is 6.53. The second kappa shape index (κ2) is 7.74. The number of thiophene rings is 1. The van der Waals surface area contributed by atoms with Crippen LogP contribution >= 0.6 is 11.3 Å². The van der Waals surface area contributed by atoms with Gasteiger partial charge in [-0.15, -0.1) is 11.3 Å². The summed E-state index contributed by atoms with van der Waals surface area (Å²) in [4.78, 5) is 13.4. The molecule has 2 aromatic carbocycles. The summed E-state index contributed by atoms with van der Waals surface area (Å²) in [6, 6.07) is 11.5. The lowest BCUT2D eigenvalue weighted by atomic mass is 9.91. The lowest BCUT2D eigenvalue weighted by molar-refractivity contribution is -0.180. The second-order valence-corrected chi connectivity index (χ2v) is 8.14. The van der Waals surface area contributed by atoms with Crippen molar-refractivity contribution < 1.29 is 35.1 Å². The first-order valence-electron chi connectivity index (χ1n) is 9.10. The van der Waals surface area contributed by atoms with Gasteiger partial charge in [-0.1, -0.05) is 18.2 Å². The molecular formula is C21H20O7S. The molecule has 1 aliphatic rings. The largest absolute Gasteiger partial charge is 0.507 e. The van der Waals surface area contributed by atoms with Gasteiger partial charge in [0, 0.05) is 22.8 Å². The Balaban J connectivity index is 1.74. The Labute approximate surface area is 170 Å². The van der Waals surface area contributed by atoms with Crippen molar-refractivity contribution in [2.24, 2.45) is 0 Å². The van der Waals surface area contributed by atoms with Gasteiger partial charge in [-0.25, -0.2) is 0 Å². The number of aliphatic hydroxyl groups excluding tert-OH is 3. The Bertz CT molecular complexity index is 1030. The topological polar surface area (TPSA) is 127 Å². The van der Waals surface area contributed by atoms with E-state index in [2.05, 4.69) is 0 Å². The summed E-state index contributed by atoms with van der Waals surface area (Å²) in [6.45, 7) is -0.368. The van der Waals surface area contributed by atoms with E-state index in [4.69, 9.17) is 4.74 Å². The highest BCUT2D eigenvalue weighted by molar-refractivity contribution is 7.21. The lowest BCUT2D eigenvalue weighted by Gasteiger charge is -2.37. The van der Waals surface area contributed by atoms with E-state index < -0.39 is 35.9 Å². The molecule has 0 spiro atoms. The van der Waals surface area contributed by atoms with Crippen LogP contribution in [0.3, 0.4) is 0 Å². The summed E-state index contributed by atoms with van der Waals surface area (Å²) in [5.41, 5.74) is -0.00210. The maximum Gasteiger partial charge on any atom is 0.206 e. The van der Waals surface area contributed by atoms with Crippen molar-refractivity contribution in [3.8, 4) is 11.5 Å². The fraction of sp³-hybridized carbons (Fsp3) is 0.286. The van der Waals surface area contributed by atoms with E-state index in [1.807, 2.05) is 24.3 Å². The zero-order chi connectivity index (χ0) is 20.7. The van der Waals surface area contributed by atoms with E-state index in [1.165, 1.54) is 17.4 Å². The molecule has 152 valence electrons. The molecule has 4 rings (SSSR count). The van der Waals surface area contributed by atoms with E-state index in [1.54, 1.807) is 6.07 Å². The molecule has 0 saturated carbocycles. The Morgan fingerprint density at radius 3 is 2.59 bits per heavy atom. The van der Waals surface area contributed by atoms with Crippen molar-refractivity contribution in [1.82, 2.24) is 0 Å². The van der Waals surface area contributed by atoms with E-state index in [0.29, 0.717) is 4.88 Å². The summed E-state index contributed by atoms with van der Waals surface area (Å²) in [5, 5.41) is 51.2. The van der Waals surface area contributed by atoms with Gasteiger partial charge in [-0.3, -0.25) is 4.79 Å². The number of hydrogen-bond acceptors (Lipinski definition) is 8. The van der Waals surface area contributed by atoms with Crippen molar-refractivity contribution in [3.63, 3.8) is 0 Å². The number of hydrogen-bond donors (Lipinski definition) is 5. The number of ether oxygens (including phenoxy) is 1. The van der Waals surface area contributed by atoms with Gasteiger partial charge in [0.2, 0.25) is 5.78 Å². The number of phenolic OH excluding ortho intramolecular Hbond substituents is 2. The van der Waals surface area contributed by atoms with E-state index in [9.17, 15) is 30.3 Å². The molecule has 1 aromatic heterocycles. The summed E-state index contributed by atoms with van der Waals surface area (Å²) in [7, 11) is 0. The number of carbonyl (C=O) groups is 1. The first-order valence-corrected chi connectivity index (χ1v) is 9.92. The van der Waals surface area contributed by atoms with E-state index in [0.717, 1.165) is 16.2 Å². The number of benzene rings is 2. The van der Waals surface area contributed by atoms with Crippen LogP contribution in [0, 0.1) is 0 Å². The first kappa shape index (κ1) is 19.8. The highest BCUT2D eigenvalue weighted by atomic mass is 32.1. The van der Waals surface area contributed by atoms with Crippen molar-refractivity contribution in [1.29, 1.82) is 0 Å². The Hall–Kier alpha value is -2.49. The third-order valence-electron chi connectivity index (χ3n) is 5.10. The van der Waals surface area contributed by atoms with Crippen molar-refractivity contribution in [3.05, 3.63) is 58.5 Å². The molecule has 0 amide bonds. The third-order valence-corrected chi connectivity index (χ3v) is 6.21. The molecule has 1 saturated heterocycles. The summed E-state index contributed by atoms with van der Waals surface area (Å²) in [6.07, 6.45) is -4.37. The van der Waals surface area contributed by atoms with Crippen LogP contribution < -0.4 is 0 Å². The third kappa shape index (κ3) is 3.61. The highest BCUT2D eigenvalue weighted by Gasteiger charge is 2.39. The van der Waals surface area contributed by atoms with Gasteiger partial charge < -0.3 is 30.3 Å². The van der Waals surface area contributed by atoms with Crippen LogP contribution in [0.1, 0.15) is 33.3 Å². The predicted octanol–water partition coefficient (Wildman–Crippen LogP) is 2.09. The molecule has 0 radical (unpaired) electrons. The van der Waals surface area contributed by atoms with Crippen LogP contribution in [-0.2, 0) is 4.74 Å². The highest BCUT2D eigenvalue weighted by Crippen LogP contribution is 2.40. The molecule has 1 fully saturated rings. The molecule has 0 bridgehead atoms. The van der Waals surface area contributed by atoms with Gasteiger partial charge >= 0.3 is 0 Å². The van der Waals surface area contributed by atoms with Gasteiger partial charge in [0.15, 0.2) is 0 Å². The number of ketones is 1. The minimum Gasteiger partial charge on any atom is -0.507 e. The molecule has 2 heterocycles. The summed E-state index contributed by atoms with van der Waals surface area (Å²) >= 11 is 1.28. The number of aromatic hydroxyl groups is 2. The quantitative estimate of drug-likeness (QED) is 0.412. The average molecular weight is 416 g/mol. The smallest absolute Gasteiger partial charge is 0.206 e. The van der Waals surface area contributed by atoms with Gasteiger partial charge in [0.05, 0.1) is 29.3 Å². The fourth-order valence-electron chi connectivity index (χ4n) is 3.56. The van der Waals surface area contributed by atoms with Crippen LogP contribution in [0.5, 0.6) is 11.5 Å². The SMILES string of the molecule is O=C(c1cc2ccccc2s1)c1cc([C@@H]2O[C@H](CO)C[C@H](O)[C@@H]2O)c(O)cc1O. The number of aliphatic hydroxyl groups is 3. The van der Waals surface area contributed by atoms with Crippen LogP contribution in [0.15, 0.2) is 42.5 Å². The molecule has 0 aliphatic carbocycles. The zero-order valence-corrected chi connectivity index (χ0v) is 16.0. The minimum absolute atomic E-state index is 0.0422. The monoisotopic (exact) mass is 416 g/mol. The van der Waals surface area contributed by atoms with Crippen molar-refractivity contribution in [2.45, 2.75) is 30.8 Å². The van der Waals surface area contributed by atoms with Crippen LogP contribution in [0.25, 0.3) is 10.1 Å². The van der Waals surface area contributed by atoms with Crippen LogP contribution in [-0.4, -0.2) is 56.2 Å². The van der Waals surface area contributed by atoms with Crippen LogP contribution in [0.2, 0.25) is 0 Å². The Morgan fingerprint density at radius 1 is 1.10 bits per heavy atom. The maximum atomic E-state index is 13.0. The first-order chi connectivity index (χ1) is 13.9. The molecule has 8 heteroatoms. The Morgan fingerprint density at radius 2 is 1.86 bits per heavy atom. The second-order valence-electron chi connectivity index (χ2n) is 7.06. The number of rotatable bonds is 4. The van der Waals surface area contributed by atoms with Gasteiger partial charge in [0.1, 0.15) is 23.7 Å². The number of fused-ring (bicyclic) bond motifs is 1. The average Bonchev–Trinajstić information content (AvgIpc) is 3.14. The van der Waals surface area contributed by atoms with Crippen molar-refractivity contribution >= 4 is 27.2 Å². The van der Waals surface area contributed by atoms with Gasteiger partial charge in [0.25, 0.3) is 0 Å². The molecule has 3 aromatic rings. The lowest BCUT2D eigenvalue weighted by Crippen LogP contribution is -2.44. The number of carbonyl (C=O) groups excluding carboxylic acids is 1. The molecule has 4 atom stereocenters. The van der Waals surface area contributed by atoms with Crippen LogP contribution in [0.4, 0.5) is 0 Å². The van der Waals surface area contributed by atoms with Gasteiger partial charge in [-0.05, 0) is 23.6 Å². The summed E-state index contributed by atoms with van der Waals surface area (Å²) in [5.74, 6) is -1.22. The molecule has 5 N–H and O–H groups in total. The molecule has 1 aliphatic heterocycles. The number of phenols is 2. The zero-order valence-electron chi connectivity index (χ0n) is 15.2. The fourth-order valence-corrected chi connectivity index (χ4v) is 4.58. The van der Waals surface area contributed by atoms with Crippen molar-refractivity contribution in [2.75, 3.05) is 6.61 Å².